The molecule has 26 heavy (non-hydrogen) atoms. The van der Waals surface area contributed by atoms with Crippen molar-refractivity contribution in [1.29, 1.82) is 0 Å². The summed E-state index contributed by atoms with van der Waals surface area (Å²) >= 11 is 13.4. The molecule has 1 aliphatic carbocycles. The minimum atomic E-state index is 0.0328. The predicted octanol–water partition coefficient (Wildman–Crippen LogP) is 4.90. The van der Waals surface area contributed by atoms with Crippen LogP contribution >= 0.6 is 34.5 Å². The summed E-state index contributed by atoms with van der Waals surface area (Å²) in [5.74, 6) is 0. The Morgan fingerprint density at radius 1 is 1.19 bits per heavy atom. The first-order valence-electron chi connectivity index (χ1n) is 8.39. The molecule has 2 heterocycles. The van der Waals surface area contributed by atoms with Gasteiger partial charge in [0.2, 0.25) is 0 Å². The van der Waals surface area contributed by atoms with Gasteiger partial charge in [0.05, 0.1) is 28.1 Å². The molecule has 0 bridgehead atoms. The SMILES string of the molecule is O=c1scc(-c2ccccn2)n1CN(Cc1ccc(Cl)c(Cl)c1)C1CC1. The van der Waals surface area contributed by atoms with Gasteiger partial charge in [-0.2, -0.15) is 0 Å². The third-order valence-corrected chi connectivity index (χ3v) is 5.97. The Hall–Kier alpha value is -1.66. The summed E-state index contributed by atoms with van der Waals surface area (Å²) in [5.41, 5.74) is 2.77. The van der Waals surface area contributed by atoms with Crippen molar-refractivity contribution >= 4 is 34.5 Å². The fraction of sp³-hybridized carbons (Fsp3) is 0.263. The Labute approximate surface area is 165 Å². The number of nitrogens with zero attached hydrogens (tertiary/aromatic N) is 3. The highest BCUT2D eigenvalue weighted by molar-refractivity contribution is 7.07. The number of hydrogen-bond donors (Lipinski definition) is 0. The van der Waals surface area contributed by atoms with E-state index in [2.05, 4.69) is 9.88 Å². The van der Waals surface area contributed by atoms with Crippen LogP contribution in [0.4, 0.5) is 0 Å². The zero-order valence-electron chi connectivity index (χ0n) is 13.9. The Kier molecular flexibility index (Phi) is 5.14. The summed E-state index contributed by atoms with van der Waals surface area (Å²) in [6.45, 7) is 1.27. The van der Waals surface area contributed by atoms with E-state index in [1.165, 1.54) is 11.3 Å². The topological polar surface area (TPSA) is 38.1 Å². The number of pyridine rings is 1. The standard InChI is InChI=1S/C19H17Cl2N3OS/c20-15-7-4-13(9-16(15)21)10-23(14-5-6-14)12-24-18(11-26-19(24)25)17-3-1-2-8-22-17/h1-4,7-9,11,14H,5-6,10,12H2. The molecule has 1 saturated carbocycles. The van der Waals surface area contributed by atoms with Gasteiger partial charge in [0, 0.05) is 24.2 Å². The summed E-state index contributed by atoms with van der Waals surface area (Å²) in [7, 11) is 0. The van der Waals surface area contributed by atoms with Crippen LogP contribution in [0.15, 0.2) is 52.8 Å². The van der Waals surface area contributed by atoms with Crippen LogP contribution in [-0.2, 0) is 13.2 Å². The second-order valence-corrected chi connectivity index (χ2v) is 8.03. The van der Waals surface area contributed by atoms with Gasteiger partial charge in [0.25, 0.3) is 0 Å². The van der Waals surface area contributed by atoms with Gasteiger partial charge in [-0.25, -0.2) is 0 Å². The lowest BCUT2D eigenvalue weighted by atomic mass is 10.2. The molecule has 0 N–H and O–H groups in total. The lowest BCUT2D eigenvalue weighted by Crippen LogP contribution is -2.32. The summed E-state index contributed by atoms with van der Waals surface area (Å²) in [6, 6.07) is 11.9. The number of rotatable bonds is 6. The van der Waals surface area contributed by atoms with E-state index in [4.69, 9.17) is 23.2 Å². The van der Waals surface area contributed by atoms with Gasteiger partial charge in [-0.1, -0.05) is 46.7 Å². The maximum atomic E-state index is 12.4. The van der Waals surface area contributed by atoms with Crippen LogP contribution in [0.3, 0.4) is 0 Å². The van der Waals surface area contributed by atoms with Crippen LogP contribution in [0.2, 0.25) is 10.0 Å². The minimum absolute atomic E-state index is 0.0328. The molecule has 0 saturated heterocycles. The van der Waals surface area contributed by atoms with Crippen molar-refractivity contribution in [3.8, 4) is 11.4 Å². The quantitative estimate of drug-likeness (QED) is 0.585. The van der Waals surface area contributed by atoms with Crippen molar-refractivity contribution in [1.82, 2.24) is 14.5 Å². The third kappa shape index (κ3) is 3.86. The van der Waals surface area contributed by atoms with Crippen LogP contribution in [0.5, 0.6) is 0 Å². The van der Waals surface area contributed by atoms with E-state index in [9.17, 15) is 4.79 Å². The zero-order chi connectivity index (χ0) is 18.1. The van der Waals surface area contributed by atoms with E-state index in [0.717, 1.165) is 36.3 Å². The molecule has 0 unspecified atom stereocenters. The van der Waals surface area contributed by atoms with Crippen molar-refractivity contribution in [2.45, 2.75) is 32.1 Å². The number of halogens is 2. The van der Waals surface area contributed by atoms with Crippen molar-refractivity contribution in [2.75, 3.05) is 0 Å². The molecule has 0 atom stereocenters. The van der Waals surface area contributed by atoms with E-state index in [1.54, 1.807) is 6.20 Å². The molecule has 1 aromatic carbocycles. The molecule has 0 amide bonds. The van der Waals surface area contributed by atoms with Gasteiger partial charge < -0.3 is 0 Å². The largest absolute Gasteiger partial charge is 0.308 e. The van der Waals surface area contributed by atoms with Crippen LogP contribution in [0, 0.1) is 0 Å². The average Bonchev–Trinajstić information content (AvgIpc) is 3.43. The fourth-order valence-corrected chi connectivity index (χ4v) is 4.03. The molecule has 4 nitrogen and oxygen atoms in total. The normalized spacial score (nSPS) is 14.1. The molecule has 0 aliphatic heterocycles. The molecular formula is C19H17Cl2N3OS. The van der Waals surface area contributed by atoms with Crippen molar-refractivity contribution in [3.63, 3.8) is 0 Å². The molecule has 1 aliphatic rings. The molecule has 1 fully saturated rings. The summed E-state index contributed by atoms with van der Waals surface area (Å²) in [4.78, 5) is 19.2. The molecule has 0 radical (unpaired) electrons. The van der Waals surface area contributed by atoms with Gasteiger partial charge in [-0.15, -0.1) is 0 Å². The molecule has 2 aromatic heterocycles. The van der Waals surface area contributed by atoms with Crippen LogP contribution in [0.1, 0.15) is 18.4 Å². The smallest absolute Gasteiger partial charge is 0.284 e. The Balaban J connectivity index is 1.61. The number of aromatic nitrogens is 2. The Bertz CT molecular complexity index is 966. The molecule has 3 aromatic rings. The molecule has 4 rings (SSSR count). The first-order chi connectivity index (χ1) is 12.6. The third-order valence-electron chi connectivity index (χ3n) is 4.47. The lowest BCUT2D eigenvalue weighted by molar-refractivity contribution is 0.198. The first kappa shape index (κ1) is 17.7. The van der Waals surface area contributed by atoms with Gasteiger partial charge in [-0.3, -0.25) is 19.2 Å². The van der Waals surface area contributed by atoms with Crippen molar-refractivity contribution < 1.29 is 0 Å². The van der Waals surface area contributed by atoms with E-state index in [0.29, 0.717) is 22.8 Å². The molecular weight excluding hydrogens is 389 g/mol. The number of hydrogen-bond acceptors (Lipinski definition) is 4. The second-order valence-electron chi connectivity index (χ2n) is 6.40. The number of thiazole rings is 1. The summed E-state index contributed by atoms with van der Waals surface area (Å²) < 4.78 is 1.81. The monoisotopic (exact) mass is 405 g/mol. The maximum Gasteiger partial charge on any atom is 0.308 e. The summed E-state index contributed by atoms with van der Waals surface area (Å²) in [5, 5.41) is 3.00. The van der Waals surface area contributed by atoms with E-state index in [1.807, 2.05) is 46.3 Å². The summed E-state index contributed by atoms with van der Waals surface area (Å²) in [6.07, 6.45) is 4.05. The van der Waals surface area contributed by atoms with E-state index in [-0.39, 0.29) is 4.87 Å². The molecule has 134 valence electrons. The van der Waals surface area contributed by atoms with E-state index < -0.39 is 0 Å². The molecule has 0 spiro atoms. The molecule has 7 heteroatoms. The fourth-order valence-electron chi connectivity index (χ4n) is 2.97. The van der Waals surface area contributed by atoms with E-state index >= 15 is 0 Å². The van der Waals surface area contributed by atoms with Crippen LogP contribution in [-0.4, -0.2) is 20.5 Å². The minimum Gasteiger partial charge on any atom is -0.284 e. The highest BCUT2D eigenvalue weighted by atomic mass is 35.5. The maximum absolute atomic E-state index is 12.4. The highest BCUT2D eigenvalue weighted by Crippen LogP contribution is 2.31. The van der Waals surface area contributed by atoms with Gasteiger partial charge >= 0.3 is 4.87 Å². The second kappa shape index (κ2) is 7.53. The van der Waals surface area contributed by atoms with Crippen LogP contribution < -0.4 is 4.87 Å². The van der Waals surface area contributed by atoms with Crippen molar-refractivity contribution in [2.24, 2.45) is 0 Å². The Morgan fingerprint density at radius 2 is 2.04 bits per heavy atom. The highest BCUT2D eigenvalue weighted by Gasteiger charge is 2.30. The predicted molar refractivity (Wildman–Crippen MR) is 107 cm³/mol. The number of benzene rings is 1. The Morgan fingerprint density at radius 3 is 2.73 bits per heavy atom. The first-order valence-corrected chi connectivity index (χ1v) is 10.0. The van der Waals surface area contributed by atoms with Crippen LogP contribution in [0.25, 0.3) is 11.4 Å². The van der Waals surface area contributed by atoms with Gasteiger partial charge in [0.1, 0.15) is 0 Å². The average molecular weight is 406 g/mol. The van der Waals surface area contributed by atoms with Crippen molar-refractivity contribution in [3.05, 3.63) is 73.3 Å². The van der Waals surface area contributed by atoms with Gasteiger partial charge in [-0.05, 0) is 42.7 Å². The lowest BCUT2D eigenvalue weighted by Gasteiger charge is -2.23. The zero-order valence-corrected chi connectivity index (χ0v) is 16.3. The van der Waals surface area contributed by atoms with Gasteiger partial charge in [0.15, 0.2) is 0 Å².